The number of hydrogen-bond donors (Lipinski definition) is 1. The predicted octanol–water partition coefficient (Wildman–Crippen LogP) is 3.12. The predicted molar refractivity (Wildman–Crippen MR) is 80.2 cm³/mol. The lowest BCUT2D eigenvalue weighted by atomic mass is 10.0. The molecule has 1 aromatic rings. The molecule has 100 valence electrons. The van der Waals surface area contributed by atoms with Gasteiger partial charge in [-0.1, -0.05) is 13.8 Å². The molecule has 2 rings (SSSR count). The molecule has 0 bridgehead atoms. The van der Waals surface area contributed by atoms with Crippen molar-refractivity contribution in [2.75, 3.05) is 18.0 Å². The molecule has 0 amide bonds. The maximum absolute atomic E-state index is 4.62. The highest BCUT2D eigenvalue weighted by molar-refractivity contribution is 9.10. The standard InChI is InChI=1S/C14H22BrN3/c1-4-12-9-18(13(5-2)8-16-12)14-10(3)6-11(15)7-17-14/h6-7,12-13,16H,4-5,8-9H2,1-3H3. The summed E-state index contributed by atoms with van der Waals surface area (Å²) in [4.78, 5) is 7.10. The Hall–Kier alpha value is -0.610. The van der Waals surface area contributed by atoms with Gasteiger partial charge in [-0.2, -0.15) is 0 Å². The SMILES string of the molecule is CCC1CN(c2ncc(Br)cc2C)C(CC)CN1. The van der Waals surface area contributed by atoms with Gasteiger partial charge in [0, 0.05) is 35.8 Å². The van der Waals surface area contributed by atoms with Crippen LogP contribution in [0.5, 0.6) is 0 Å². The third-order valence-corrected chi connectivity index (χ3v) is 4.19. The van der Waals surface area contributed by atoms with Crippen molar-refractivity contribution in [3.63, 3.8) is 0 Å². The van der Waals surface area contributed by atoms with Crippen molar-refractivity contribution >= 4 is 21.7 Å². The minimum atomic E-state index is 0.556. The fraction of sp³-hybridized carbons (Fsp3) is 0.643. The van der Waals surface area contributed by atoms with Gasteiger partial charge < -0.3 is 10.2 Å². The fourth-order valence-electron chi connectivity index (χ4n) is 2.60. The first kappa shape index (κ1) is 13.8. The van der Waals surface area contributed by atoms with Crippen molar-refractivity contribution in [3.05, 3.63) is 22.3 Å². The number of hydrogen-bond acceptors (Lipinski definition) is 3. The summed E-state index contributed by atoms with van der Waals surface area (Å²) in [5.41, 5.74) is 1.25. The van der Waals surface area contributed by atoms with Gasteiger partial charge in [0.2, 0.25) is 0 Å². The number of nitrogens with zero attached hydrogens (tertiary/aromatic N) is 2. The van der Waals surface area contributed by atoms with E-state index in [1.54, 1.807) is 0 Å². The van der Waals surface area contributed by atoms with E-state index < -0.39 is 0 Å². The van der Waals surface area contributed by atoms with Gasteiger partial charge in [0.05, 0.1) is 0 Å². The molecule has 2 unspecified atom stereocenters. The molecule has 0 radical (unpaired) electrons. The Morgan fingerprint density at radius 2 is 2.22 bits per heavy atom. The van der Waals surface area contributed by atoms with Gasteiger partial charge in [-0.15, -0.1) is 0 Å². The summed E-state index contributed by atoms with van der Waals surface area (Å²) in [5.74, 6) is 1.14. The van der Waals surface area contributed by atoms with Crippen molar-refractivity contribution in [3.8, 4) is 0 Å². The van der Waals surface area contributed by atoms with Gasteiger partial charge in [-0.25, -0.2) is 4.98 Å². The summed E-state index contributed by atoms with van der Waals surface area (Å²) in [5, 5.41) is 3.62. The van der Waals surface area contributed by atoms with Crippen LogP contribution < -0.4 is 10.2 Å². The van der Waals surface area contributed by atoms with Gasteiger partial charge in [-0.3, -0.25) is 0 Å². The lowest BCUT2D eigenvalue weighted by Gasteiger charge is -2.41. The highest BCUT2D eigenvalue weighted by Gasteiger charge is 2.27. The van der Waals surface area contributed by atoms with E-state index in [4.69, 9.17) is 0 Å². The first-order valence-corrected chi connectivity index (χ1v) is 7.57. The molecule has 18 heavy (non-hydrogen) atoms. The quantitative estimate of drug-likeness (QED) is 0.929. The molecule has 1 fully saturated rings. The third-order valence-electron chi connectivity index (χ3n) is 3.75. The van der Waals surface area contributed by atoms with E-state index in [0.29, 0.717) is 12.1 Å². The summed E-state index contributed by atoms with van der Waals surface area (Å²) >= 11 is 3.48. The van der Waals surface area contributed by atoms with Gasteiger partial charge >= 0.3 is 0 Å². The lowest BCUT2D eigenvalue weighted by Crippen LogP contribution is -2.56. The van der Waals surface area contributed by atoms with Gasteiger partial charge in [-0.05, 0) is 47.3 Å². The van der Waals surface area contributed by atoms with Crippen LogP contribution in [0.25, 0.3) is 0 Å². The second-order valence-corrected chi connectivity index (χ2v) is 5.94. The van der Waals surface area contributed by atoms with E-state index in [0.717, 1.165) is 29.8 Å². The van der Waals surface area contributed by atoms with Crippen LogP contribution in [0.15, 0.2) is 16.7 Å². The van der Waals surface area contributed by atoms with Crippen molar-refractivity contribution in [1.82, 2.24) is 10.3 Å². The molecule has 3 nitrogen and oxygen atoms in total. The molecule has 1 saturated heterocycles. The number of halogens is 1. The molecular formula is C14H22BrN3. The van der Waals surface area contributed by atoms with Crippen molar-refractivity contribution in [2.45, 2.75) is 45.7 Å². The number of pyridine rings is 1. The van der Waals surface area contributed by atoms with Crippen molar-refractivity contribution in [2.24, 2.45) is 0 Å². The minimum absolute atomic E-state index is 0.556. The first-order valence-electron chi connectivity index (χ1n) is 6.77. The number of nitrogens with one attached hydrogen (secondary N) is 1. The molecule has 1 N–H and O–H groups in total. The molecule has 0 spiro atoms. The maximum Gasteiger partial charge on any atom is 0.131 e. The highest BCUT2D eigenvalue weighted by Crippen LogP contribution is 2.25. The largest absolute Gasteiger partial charge is 0.351 e. The summed E-state index contributed by atoms with van der Waals surface area (Å²) < 4.78 is 1.05. The van der Waals surface area contributed by atoms with E-state index >= 15 is 0 Å². The number of aryl methyl sites for hydroxylation is 1. The monoisotopic (exact) mass is 311 g/mol. The minimum Gasteiger partial charge on any atom is -0.351 e. The summed E-state index contributed by atoms with van der Waals surface area (Å²) in [7, 11) is 0. The van der Waals surface area contributed by atoms with Gasteiger partial charge in [0.1, 0.15) is 5.82 Å². The Labute approximate surface area is 118 Å². The van der Waals surface area contributed by atoms with Crippen LogP contribution in [0.1, 0.15) is 32.3 Å². The maximum atomic E-state index is 4.62. The average molecular weight is 312 g/mol. The zero-order chi connectivity index (χ0) is 13.1. The first-order chi connectivity index (χ1) is 8.65. The Morgan fingerprint density at radius 1 is 1.44 bits per heavy atom. The van der Waals surface area contributed by atoms with Crippen LogP contribution in [0, 0.1) is 6.92 Å². The van der Waals surface area contributed by atoms with Crippen LogP contribution in [-0.2, 0) is 0 Å². The van der Waals surface area contributed by atoms with Crippen molar-refractivity contribution in [1.29, 1.82) is 0 Å². The molecule has 0 aromatic carbocycles. The number of rotatable bonds is 3. The van der Waals surface area contributed by atoms with Crippen molar-refractivity contribution < 1.29 is 0 Å². The second kappa shape index (κ2) is 6.02. The number of anilines is 1. The lowest BCUT2D eigenvalue weighted by molar-refractivity contribution is 0.376. The zero-order valence-electron chi connectivity index (χ0n) is 11.4. The fourth-order valence-corrected chi connectivity index (χ4v) is 3.04. The van der Waals surface area contributed by atoms with Crippen LogP contribution in [0.4, 0.5) is 5.82 Å². The summed E-state index contributed by atoms with van der Waals surface area (Å²) in [6.45, 7) is 8.75. The summed E-state index contributed by atoms with van der Waals surface area (Å²) in [6.07, 6.45) is 4.22. The Kier molecular flexibility index (Phi) is 4.62. The van der Waals surface area contributed by atoms with Crippen LogP contribution in [0.3, 0.4) is 0 Å². The Balaban J connectivity index is 2.26. The molecular weight excluding hydrogens is 290 g/mol. The smallest absolute Gasteiger partial charge is 0.131 e. The second-order valence-electron chi connectivity index (χ2n) is 5.02. The van der Waals surface area contributed by atoms with Crippen LogP contribution >= 0.6 is 15.9 Å². The average Bonchev–Trinajstić information content (AvgIpc) is 2.38. The molecule has 2 atom stereocenters. The third kappa shape index (κ3) is 2.86. The molecule has 2 heterocycles. The zero-order valence-corrected chi connectivity index (χ0v) is 13.0. The summed E-state index contributed by atoms with van der Waals surface area (Å²) in [6, 6.07) is 3.29. The molecule has 0 aliphatic carbocycles. The normalized spacial score (nSPS) is 24.3. The molecule has 1 aliphatic rings. The Bertz CT molecular complexity index is 408. The number of piperazine rings is 1. The van der Waals surface area contributed by atoms with Crippen LogP contribution in [-0.4, -0.2) is 30.2 Å². The molecule has 0 saturated carbocycles. The molecule has 4 heteroatoms. The van der Waals surface area contributed by atoms with Gasteiger partial charge in [0.15, 0.2) is 0 Å². The van der Waals surface area contributed by atoms with E-state index in [-0.39, 0.29) is 0 Å². The highest BCUT2D eigenvalue weighted by atomic mass is 79.9. The Morgan fingerprint density at radius 3 is 2.83 bits per heavy atom. The molecule has 1 aromatic heterocycles. The van der Waals surface area contributed by atoms with Crippen LogP contribution in [0.2, 0.25) is 0 Å². The van der Waals surface area contributed by atoms with E-state index in [1.165, 1.54) is 12.0 Å². The number of aromatic nitrogens is 1. The van der Waals surface area contributed by atoms with E-state index in [9.17, 15) is 0 Å². The van der Waals surface area contributed by atoms with Gasteiger partial charge in [0.25, 0.3) is 0 Å². The van der Waals surface area contributed by atoms with E-state index in [2.05, 4.69) is 58.0 Å². The molecule has 1 aliphatic heterocycles. The topological polar surface area (TPSA) is 28.2 Å². The van der Waals surface area contributed by atoms with E-state index in [1.807, 2.05) is 6.20 Å².